The van der Waals surface area contributed by atoms with E-state index in [1.807, 2.05) is 0 Å². The van der Waals surface area contributed by atoms with E-state index in [0.717, 1.165) is 12.1 Å². The molecule has 0 aliphatic rings. The van der Waals surface area contributed by atoms with E-state index in [1.54, 1.807) is 30.3 Å². The van der Waals surface area contributed by atoms with Crippen LogP contribution in [0.4, 0.5) is 13.2 Å². The normalized spacial score (nSPS) is 14.6. The lowest BCUT2D eigenvalue weighted by Gasteiger charge is -2.18. The number of alkyl halides is 3. The Kier molecular flexibility index (Phi) is 7.52. The first-order valence-corrected chi connectivity index (χ1v) is 9.73. The average Bonchev–Trinajstić information content (AvgIpc) is 2.70. The van der Waals surface area contributed by atoms with Crippen molar-refractivity contribution in [3.8, 4) is 0 Å². The van der Waals surface area contributed by atoms with Crippen molar-refractivity contribution in [1.82, 2.24) is 5.32 Å². The SMILES string of the molecule is O=C(O)[C@H](CC[S@@](=O)c1ccccc1)NC(=O)[C@@H](O)c1ccc(C(F)(F)F)cc1. The van der Waals surface area contributed by atoms with Crippen molar-refractivity contribution in [2.45, 2.75) is 29.6 Å². The van der Waals surface area contributed by atoms with Crippen LogP contribution in [0.15, 0.2) is 59.5 Å². The van der Waals surface area contributed by atoms with Gasteiger partial charge in [0.25, 0.3) is 5.91 Å². The van der Waals surface area contributed by atoms with Gasteiger partial charge in [0.05, 0.1) is 16.4 Å². The Morgan fingerprint density at radius 3 is 2.14 bits per heavy atom. The summed E-state index contributed by atoms with van der Waals surface area (Å²) >= 11 is 0. The fourth-order valence-corrected chi connectivity index (χ4v) is 3.57. The first-order chi connectivity index (χ1) is 13.6. The van der Waals surface area contributed by atoms with Crippen LogP contribution in [-0.2, 0) is 26.6 Å². The Hall–Kier alpha value is -2.72. The van der Waals surface area contributed by atoms with Gasteiger partial charge in [-0.25, -0.2) is 4.79 Å². The number of aliphatic carboxylic acids is 1. The van der Waals surface area contributed by atoms with Gasteiger partial charge in [0.2, 0.25) is 0 Å². The second-order valence-corrected chi connectivity index (χ2v) is 7.64. The highest BCUT2D eigenvalue weighted by Crippen LogP contribution is 2.30. The Balaban J connectivity index is 1.99. The number of carbonyl (C=O) groups is 2. The number of hydrogen-bond donors (Lipinski definition) is 3. The summed E-state index contributed by atoms with van der Waals surface area (Å²) in [6.45, 7) is 0. The number of amides is 1. The predicted molar refractivity (Wildman–Crippen MR) is 98.3 cm³/mol. The highest BCUT2D eigenvalue weighted by atomic mass is 32.2. The molecule has 2 aromatic rings. The molecule has 6 nitrogen and oxygen atoms in total. The van der Waals surface area contributed by atoms with Crippen LogP contribution in [0.5, 0.6) is 0 Å². The lowest BCUT2D eigenvalue weighted by atomic mass is 10.1. The fraction of sp³-hybridized carbons (Fsp3) is 0.263. The summed E-state index contributed by atoms with van der Waals surface area (Å²) < 4.78 is 49.9. The van der Waals surface area contributed by atoms with E-state index in [4.69, 9.17) is 0 Å². The van der Waals surface area contributed by atoms with Crippen LogP contribution in [0.2, 0.25) is 0 Å². The van der Waals surface area contributed by atoms with Crippen LogP contribution in [-0.4, -0.2) is 38.1 Å². The van der Waals surface area contributed by atoms with E-state index in [-0.39, 0.29) is 17.7 Å². The Labute approximate surface area is 166 Å². The molecule has 0 unspecified atom stereocenters. The minimum atomic E-state index is -4.56. The molecular formula is C19H18F3NO5S. The molecule has 0 spiro atoms. The summed E-state index contributed by atoms with van der Waals surface area (Å²) in [7, 11) is -1.48. The molecule has 2 aromatic carbocycles. The van der Waals surface area contributed by atoms with E-state index in [1.165, 1.54) is 0 Å². The number of carbonyl (C=O) groups excluding carboxylic acids is 1. The van der Waals surface area contributed by atoms with Crippen molar-refractivity contribution in [2.75, 3.05) is 5.75 Å². The van der Waals surface area contributed by atoms with E-state index in [0.29, 0.717) is 17.0 Å². The summed E-state index contributed by atoms with van der Waals surface area (Å²) in [6, 6.07) is 10.2. The fourth-order valence-electron chi connectivity index (χ4n) is 2.43. The highest BCUT2D eigenvalue weighted by molar-refractivity contribution is 7.85. The quantitative estimate of drug-likeness (QED) is 0.598. The van der Waals surface area contributed by atoms with Gasteiger partial charge in [-0.05, 0) is 36.2 Å². The number of rotatable bonds is 8. The molecule has 1 amide bonds. The van der Waals surface area contributed by atoms with Gasteiger partial charge in [-0.3, -0.25) is 9.00 Å². The maximum Gasteiger partial charge on any atom is 0.416 e. The van der Waals surface area contributed by atoms with Gasteiger partial charge in [0, 0.05) is 10.6 Å². The second-order valence-electron chi connectivity index (χ2n) is 6.07. The number of halogens is 3. The number of aliphatic hydroxyl groups is 1. The third kappa shape index (κ3) is 6.40. The molecule has 29 heavy (non-hydrogen) atoms. The van der Waals surface area contributed by atoms with Gasteiger partial charge in [-0.2, -0.15) is 13.2 Å². The Morgan fingerprint density at radius 1 is 1.03 bits per heavy atom. The summed E-state index contributed by atoms with van der Waals surface area (Å²) in [6.07, 6.45) is -6.57. The van der Waals surface area contributed by atoms with Crippen molar-refractivity contribution >= 4 is 22.7 Å². The molecule has 0 aliphatic heterocycles. The van der Waals surface area contributed by atoms with Crippen LogP contribution in [0.25, 0.3) is 0 Å². The first kappa shape index (κ1) is 22.6. The molecule has 0 bridgehead atoms. The zero-order valence-corrected chi connectivity index (χ0v) is 15.7. The van der Waals surface area contributed by atoms with Gasteiger partial charge < -0.3 is 15.5 Å². The third-order valence-electron chi connectivity index (χ3n) is 4.01. The summed E-state index contributed by atoms with van der Waals surface area (Å²) in [5.74, 6) is -2.51. The van der Waals surface area contributed by atoms with Crippen LogP contribution in [0.3, 0.4) is 0 Å². The van der Waals surface area contributed by atoms with E-state index >= 15 is 0 Å². The molecule has 10 heteroatoms. The molecule has 0 saturated heterocycles. The summed E-state index contributed by atoms with van der Waals surface area (Å²) in [5.41, 5.74) is -1.06. The van der Waals surface area contributed by atoms with Crippen LogP contribution < -0.4 is 5.32 Å². The summed E-state index contributed by atoms with van der Waals surface area (Å²) in [4.78, 5) is 24.0. The van der Waals surface area contributed by atoms with Crippen LogP contribution in [0, 0.1) is 0 Å². The number of benzene rings is 2. The monoisotopic (exact) mass is 429 g/mol. The first-order valence-electron chi connectivity index (χ1n) is 8.41. The Morgan fingerprint density at radius 2 is 1.62 bits per heavy atom. The highest BCUT2D eigenvalue weighted by Gasteiger charge is 2.31. The zero-order valence-electron chi connectivity index (χ0n) is 14.9. The minimum Gasteiger partial charge on any atom is -0.480 e. The standard InChI is InChI=1S/C19H18F3NO5S/c20-19(21,22)13-8-6-12(7-9-13)16(24)17(25)23-15(18(26)27)10-11-29(28)14-4-2-1-3-5-14/h1-9,15-16,24H,10-11H2,(H,23,25)(H,26,27)/t15-,16-,29+/m0/s1. The number of carboxylic acid groups (broad SMARTS) is 1. The van der Waals surface area contributed by atoms with Gasteiger partial charge >= 0.3 is 12.1 Å². The number of nitrogens with one attached hydrogen (secondary N) is 1. The number of aliphatic hydroxyl groups excluding tert-OH is 1. The molecule has 0 fully saturated rings. The van der Waals surface area contributed by atoms with Gasteiger partial charge in [0.1, 0.15) is 6.04 Å². The Bertz CT molecular complexity index is 872. The molecule has 0 radical (unpaired) electrons. The lowest BCUT2D eigenvalue weighted by molar-refractivity contribution is -0.143. The zero-order chi connectivity index (χ0) is 21.6. The third-order valence-corrected chi connectivity index (χ3v) is 5.42. The molecule has 156 valence electrons. The average molecular weight is 429 g/mol. The topological polar surface area (TPSA) is 104 Å². The molecule has 0 aromatic heterocycles. The smallest absolute Gasteiger partial charge is 0.416 e. The molecular weight excluding hydrogens is 411 g/mol. The van der Waals surface area contributed by atoms with Crippen LogP contribution in [0.1, 0.15) is 23.7 Å². The number of carboxylic acids is 1. The maximum atomic E-state index is 12.6. The van der Waals surface area contributed by atoms with Gasteiger partial charge in [-0.15, -0.1) is 0 Å². The molecule has 0 saturated carbocycles. The maximum absolute atomic E-state index is 12.6. The van der Waals surface area contributed by atoms with Gasteiger partial charge in [-0.1, -0.05) is 30.3 Å². The molecule has 3 atom stereocenters. The van der Waals surface area contributed by atoms with Crippen molar-refractivity contribution in [3.05, 3.63) is 65.7 Å². The van der Waals surface area contributed by atoms with Crippen molar-refractivity contribution < 1.29 is 37.2 Å². The van der Waals surface area contributed by atoms with Crippen LogP contribution >= 0.6 is 0 Å². The molecule has 0 heterocycles. The van der Waals surface area contributed by atoms with E-state index in [2.05, 4.69) is 5.32 Å². The second kappa shape index (κ2) is 9.66. The van der Waals surface area contributed by atoms with E-state index < -0.39 is 46.6 Å². The van der Waals surface area contributed by atoms with Crippen molar-refractivity contribution in [3.63, 3.8) is 0 Å². The lowest BCUT2D eigenvalue weighted by Crippen LogP contribution is -2.43. The molecule has 0 aliphatic carbocycles. The van der Waals surface area contributed by atoms with Crippen molar-refractivity contribution in [1.29, 1.82) is 0 Å². The summed E-state index contributed by atoms with van der Waals surface area (Å²) in [5, 5.41) is 21.4. The van der Waals surface area contributed by atoms with Crippen molar-refractivity contribution in [2.24, 2.45) is 0 Å². The van der Waals surface area contributed by atoms with E-state index in [9.17, 15) is 37.2 Å². The molecule has 2 rings (SSSR count). The number of hydrogen-bond acceptors (Lipinski definition) is 4. The predicted octanol–water partition coefficient (Wildman–Crippen LogP) is 2.51. The minimum absolute atomic E-state index is 0.0440. The largest absolute Gasteiger partial charge is 0.480 e. The molecule has 3 N–H and O–H groups in total. The van der Waals surface area contributed by atoms with Gasteiger partial charge in [0.15, 0.2) is 6.10 Å².